The molecule has 0 spiro atoms. The lowest BCUT2D eigenvalue weighted by Gasteiger charge is -2.22. The standard InChI is InChI=1S/C12H14N4O2/c1-17-11-3-2-8(5-14-11)4-10-15-12(18-16-10)9-6-13-7-9/h2-3,5,9,13H,4,6-7H2,1H3. The van der Waals surface area contributed by atoms with Crippen molar-refractivity contribution in [1.82, 2.24) is 20.4 Å². The van der Waals surface area contributed by atoms with Gasteiger partial charge in [-0.1, -0.05) is 11.2 Å². The molecule has 2 aromatic heterocycles. The fourth-order valence-electron chi connectivity index (χ4n) is 1.79. The van der Waals surface area contributed by atoms with E-state index in [2.05, 4.69) is 20.4 Å². The fourth-order valence-corrected chi connectivity index (χ4v) is 1.79. The van der Waals surface area contributed by atoms with Crippen LogP contribution in [-0.2, 0) is 6.42 Å². The van der Waals surface area contributed by atoms with Gasteiger partial charge in [-0.2, -0.15) is 4.98 Å². The van der Waals surface area contributed by atoms with E-state index in [9.17, 15) is 0 Å². The minimum Gasteiger partial charge on any atom is -0.481 e. The van der Waals surface area contributed by atoms with E-state index in [1.54, 1.807) is 13.3 Å². The van der Waals surface area contributed by atoms with Crippen molar-refractivity contribution >= 4 is 0 Å². The van der Waals surface area contributed by atoms with Gasteiger partial charge in [0.15, 0.2) is 5.82 Å². The minimum absolute atomic E-state index is 0.375. The third kappa shape index (κ3) is 2.19. The lowest BCUT2D eigenvalue weighted by molar-refractivity contribution is 0.306. The van der Waals surface area contributed by atoms with Crippen molar-refractivity contribution in [2.45, 2.75) is 12.3 Å². The van der Waals surface area contributed by atoms with E-state index in [1.807, 2.05) is 12.1 Å². The Hall–Kier alpha value is -1.95. The van der Waals surface area contributed by atoms with Gasteiger partial charge in [-0.25, -0.2) is 4.98 Å². The summed E-state index contributed by atoms with van der Waals surface area (Å²) in [4.78, 5) is 8.54. The Bertz CT molecular complexity index is 519. The zero-order valence-corrected chi connectivity index (χ0v) is 10.1. The van der Waals surface area contributed by atoms with Crippen LogP contribution in [0.25, 0.3) is 0 Å². The first-order valence-corrected chi connectivity index (χ1v) is 5.87. The van der Waals surface area contributed by atoms with Crippen LogP contribution in [-0.4, -0.2) is 35.3 Å². The molecule has 0 aromatic carbocycles. The molecular formula is C12H14N4O2. The maximum Gasteiger partial charge on any atom is 0.232 e. The summed E-state index contributed by atoms with van der Waals surface area (Å²) < 4.78 is 10.2. The molecule has 3 rings (SSSR count). The van der Waals surface area contributed by atoms with E-state index in [-0.39, 0.29) is 0 Å². The zero-order chi connectivity index (χ0) is 12.4. The first-order valence-electron chi connectivity index (χ1n) is 5.87. The molecule has 0 unspecified atom stereocenters. The van der Waals surface area contributed by atoms with Crippen LogP contribution in [0.3, 0.4) is 0 Å². The van der Waals surface area contributed by atoms with Gasteiger partial charge >= 0.3 is 0 Å². The summed E-state index contributed by atoms with van der Waals surface area (Å²) in [6.07, 6.45) is 2.39. The summed E-state index contributed by atoms with van der Waals surface area (Å²) in [7, 11) is 1.60. The number of nitrogens with one attached hydrogen (secondary N) is 1. The topological polar surface area (TPSA) is 73.1 Å². The molecule has 1 aliphatic heterocycles. The number of ether oxygens (including phenoxy) is 1. The Labute approximate surface area is 104 Å². The average Bonchev–Trinajstić information content (AvgIpc) is 2.76. The molecular weight excluding hydrogens is 232 g/mol. The van der Waals surface area contributed by atoms with E-state index in [0.717, 1.165) is 24.5 Å². The second kappa shape index (κ2) is 4.73. The smallest absolute Gasteiger partial charge is 0.232 e. The third-order valence-corrected chi connectivity index (χ3v) is 2.98. The molecule has 3 heterocycles. The van der Waals surface area contributed by atoms with Crippen molar-refractivity contribution in [1.29, 1.82) is 0 Å². The summed E-state index contributed by atoms with van der Waals surface area (Å²) in [5.41, 5.74) is 1.04. The maximum atomic E-state index is 5.24. The van der Waals surface area contributed by atoms with Crippen molar-refractivity contribution in [3.05, 3.63) is 35.6 Å². The average molecular weight is 246 g/mol. The monoisotopic (exact) mass is 246 g/mol. The van der Waals surface area contributed by atoms with Gasteiger partial charge in [0.1, 0.15) is 0 Å². The van der Waals surface area contributed by atoms with Crippen LogP contribution in [0.15, 0.2) is 22.9 Å². The highest BCUT2D eigenvalue weighted by Crippen LogP contribution is 2.18. The summed E-state index contributed by atoms with van der Waals surface area (Å²) >= 11 is 0. The summed E-state index contributed by atoms with van der Waals surface area (Å²) in [6.45, 7) is 1.84. The number of rotatable bonds is 4. The van der Waals surface area contributed by atoms with Gasteiger partial charge in [0.2, 0.25) is 11.8 Å². The third-order valence-electron chi connectivity index (χ3n) is 2.98. The Morgan fingerprint density at radius 3 is 2.94 bits per heavy atom. The van der Waals surface area contributed by atoms with E-state index in [4.69, 9.17) is 9.26 Å². The fraction of sp³-hybridized carbons (Fsp3) is 0.417. The first-order chi connectivity index (χ1) is 8.85. The van der Waals surface area contributed by atoms with Crippen molar-refractivity contribution in [3.8, 4) is 5.88 Å². The van der Waals surface area contributed by atoms with E-state index < -0.39 is 0 Å². The van der Waals surface area contributed by atoms with E-state index >= 15 is 0 Å². The largest absolute Gasteiger partial charge is 0.481 e. The molecule has 0 radical (unpaired) electrons. The predicted molar refractivity (Wildman–Crippen MR) is 63.5 cm³/mol. The number of hydrogen-bond acceptors (Lipinski definition) is 6. The van der Waals surface area contributed by atoms with E-state index in [0.29, 0.717) is 24.0 Å². The molecule has 0 atom stereocenters. The molecule has 0 saturated carbocycles. The molecule has 0 bridgehead atoms. The predicted octanol–water partition coefficient (Wildman–Crippen LogP) is 0.751. The molecule has 0 amide bonds. The summed E-state index contributed by atoms with van der Waals surface area (Å²) in [6, 6.07) is 3.78. The molecule has 1 fully saturated rings. The lowest BCUT2D eigenvalue weighted by atomic mass is 10.0. The highest BCUT2D eigenvalue weighted by atomic mass is 16.5. The SMILES string of the molecule is COc1ccc(Cc2noc(C3CNC3)n2)cn1. The number of methoxy groups -OCH3 is 1. The van der Waals surface area contributed by atoms with Gasteiger partial charge in [0.25, 0.3) is 0 Å². The molecule has 1 aliphatic rings. The van der Waals surface area contributed by atoms with Crippen LogP contribution in [0, 0.1) is 0 Å². The summed E-state index contributed by atoms with van der Waals surface area (Å²) in [5.74, 6) is 2.41. The molecule has 6 heteroatoms. The normalized spacial score (nSPS) is 15.4. The second-order valence-corrected chi connectivity index (χ2v) is 4.29. The highest BCUT2D eigenvalue weighted by molar-refractivity contribution is 5.20. The number of nitrogens with zero attached hydrogens (tertiary/aromatic N) is 3. The Balaban J connectivity index is 1.69. The second-order valence-electron chi connectivity index (χ2n) is 4.29. The van der Waals surface area contributed by atoms with Gasteiger partial charge in [-0.05, 0) is 5.56 Å². The molecule has 0 aliphatic carbocycles. The molecule has 18 heavy (non-hydrogen) atoms. The van der Waals surface area contributed by atoms with Crippen molar-refractivity contribution in [3.63, 3.8) is 0 Å². The summed E-state index contributed by atoms with van der Waals surface area (Å²) in [5, 5.41) is 7.16. The van der Waals surface area contributed by atoms with Crippen LogP contribution in [0.4, 0.5) is 0 Å². The zero-order valence-electron chi connectivity index (χ0n) is 10.1. The molecule has 1 saturated heterocycles. The van der Waals surface area contributed by atoms with Crippen molar-refractivity contribution < 1.29 is 9.26 Å². The van der Waals surface area contributed by atoms with Crippen molar-refractivity contribution in [2.75, 3.05) is 20.2 Å². The van der Waals surface area contributed by atoms with E-state index in [1.165, 1.54) is 0 Å². The molecule has 1 N–H and O–H groups in total. The Morgan fingerprint density at radius 2 is 2.33 bits per heavy atom. The quantitative estimate of drug-likeness (QED) is 0.858. The first kappa shape index (κ1) is 11.2. The van der Waals surface area contributed by atoms with Gasteiger partial charge in [0, 0.05) is 31.8 Å². The lowest BCUT2D eigenvalue weighted by Crippen LogP contribution is -2.40. The van der Waals surface area contributed by atoms with Gasteiger partial charge in [-0.3, -0.25) is 0 Å². The minimum atomic E-state index is 0.375. The van der Waals surface area contributed by atoms with Gasteiger partial charge in [-0.15, -0.1) is 0 Å². The maximum absolute atomic E-state index is 5.24. The van der Waals surface area contributed by atoms with Crippen molar-refractivity contribution in [2.24, 2.45) is 0 Å². The van der Waals surface area contributed by atoms with Gasteiger partial charge < -0.3 is 14.6 Å². The van der Waals surface area contributed by atoms with Crippen LogP contribution in [0.1, 0.15) is 23.2 Å². The van der Waals surface area contributed by atoms with Gasteiger partial charge in [0.05, 0.1) is 13.0 Å². The Morgan fingerprint density at radius 1 is 1.44 bits per heavy atom. The molecule has 6 nitrogen and oxygen atoms in total. The number of hydrogen-bond donors (Lipinski definition) is 1. The molecule has 94 valence electrons. The van der Waals surface area contributed by atoms with Crippen LogP contribution in [0.2, 0.25) is 0 Å². The molecule has 2 aromatic rings. The highest BCUT2D eigenvalue weighted by Gasteiger charge is 2.24. The Kier molecular flexibility index (Phi) is 2.93. The number of pyridine rings is 1. The van der Waals surface area contributed by atoms with Crippen LogP contribution in [0.5, 0.6) is 5.88 Å². The number of aromatic nitrogens is 3. The van der Waals surface area contributed by atoms with Crippen LogP contribution >= 0.6 is 0 Å². The van der Waals surface area contributed by atoms with Crippen LogP contribution < -0.4 is 10.1 Å².